The van der Waals surface area contributed by atoms with E-state index in [1.165, 1.54) is 12.1 Å². The third-order valence-corrected chi connectivity index (χ3v) is 2.64. The van der Waals surface area contributed by atoms with Crippen LogP contribution in [0.4, 0.5) is 5.69 Å². The molecule has 1 aliphatic heterocycles. The van der Waals surface area contributed by atoms with Crippen LogP contribution in [0.1, 0.15) is 20.7 Å². The third kappa shape index (κ3) is 1.91. The van der Waals surface area contributed by atoms with Gasteiger partial charge in [0.1, 0.15) is 12.1 Å². The van der Waals surface area contributed by atoms with Crippen LogP contribution in [0, 0.1) is 10.1 Å². The van der Waals surface area contributed by atoms with Gasteiger partial charge in [0.05, 0.1) is 10.5 Å². The number of imide groups is 1. The van der Waals surface area contributed by atoms with Gasteiger partial charge in [0, 0.05) is 6.07 Å². The zero-order valence-corrected chi connectivity index (χ0v) is 9.45. The highest BCUT2D eigenvalue weighted by atomic mass is 16.6. The molecule has 0 fully saturated rings. The second-order valence-corrected chi connectivity index (χ2v) is 3.72. The summed E-state index contributed by atoms with van der Waals surface area (Å²) in [5.41, 5.74) is 0.915. The lowest BCUT2D eigenvalue weighted by atomic mass is 10.1. The fraction of sp³-hybridized carbons (Fsp3) is 0.100. The van der Waals surface area contributed by atoms with E-state index in [1.54, 1.807) is 5.43 Å². The highest BCUT2D eigenvalue weighted by Crippen LogP contribution is 2.30. The van der Waals surface area contributed by atoms with E-state index < -0.39 is 34.9 Å². The van der Waals surface area contributed by atoms with Crippen LogP contribution in [-0.4, -0.2) is 34.1 Å². The minimum atomic E-state index is -0.879. The number of fused-ring (bicyclic) bond motifs is 1. The molecule has 0 aliphatic carbocycles. The standard InChI is InChI=1S/C10H8N4O5/c11-12-7(15)4-13-9(16)5-2-1-3-6(14(18)19)8(5)10(13)17/h1-3H,4,11H2,(H,12,15). The molecule has 2 rings (SSSR count). The summed E-state index contributed by atoms with van der Waals surface area (Å²) < 4.78 is 0. The number of nitrogens with two attached hydrogens (primary N) is 1. The molecule has 0 aromatic heterocycles. The summed E-state index contributed by atoms with van der Waals surface area (Å²) >= 11 is 0. The number of carbonyl (C=O) groups excluding carboxylic acids is 3. The van der Waals surface area contributed by atoms with Gasteiger partial charge in [-0.25, -0.2) is 5.84 Å². The summed E-state index contributed by atoms with van der Waals surface area (Å²) in [5.74, 6) is 2.48. The fourth-order valence-electron chi connectivity index (χ4n) is 1.80. The number of rotatable bonds is 3. The van der Waals surface area contributed by atoms with Gasteiger partial charge in [-0.3, -0.25) is 34.8 Å². The molecule has 0 atom stereocenters. The van der Waals surface area contributed by atoms with Crippen LogP contribution in [0.25, 0.3) is 0 Å². The first-order valence-corrected chi connectivity index (χ1v) is 5.10. The first-order chi connectivity index (χ1) is 8.97. The molecule has 0 bridgehead atoms. The van der Waals surface area contributed by atoms with Crippen molar-refractivity contribution in [2.75, 3.05) is 6.54 Å². The van der Waals surface area contributed by atoms with E-state index in [9.17, 15) is 24.5 Å². The number of benzene rings is 1. The number of carbonyl (C=O) groups is 3. The molecule has 0 saturated heterocycles. The molecule has 98 valence electrons. The molecular formula is C10H8N4O5. The van der Waals surface area contributed by atoms with Gasteiger partial charge in [-0.15, -0.1) is 0 Å². The Bertz CT molecular complexity index is 612. The highest BCUT2D eigenvalue weighted by Gasteiger charge is 2.41. The van der Waals surface area contributed by atoms with Crippen molar-refractivity contribution in [1.82, 2.24) is 10.3 Å². The number of nitrogens with one attached hydrogen (secondary N) is 1. The number of amides is 3. The molecular weight excluding hydrogens is 256 g/mol. The lowest BCUT2D eigenvalue weighted by Crippen LogP contribution is -2.42. The summed E-state index contributed by atoms with van der Waals surface area (Å²) in [6, 6.07) is 3.72. The summed E-state index contributed by atoms with van der Waals surface area (Å²) in [4.78, 5) is 45.7. The van der Waals surface area contributed by atoms with Crippen molar-refractivity contribution in [1.29, 1.82) is 0 Å². The molecule has 1 aliphatic rings. The van der Waals surface area contributed by atoms with E-state index in [4.69, 9.17) is 5.84 Å². The molecule has 9 nitrogen and oxygen atoms in total. The van der Waals surface area contributed by atoms with Gasteiger partial charge in [0.15, 0.2) is 0 Å². The minimum absolute atomic E-state index is 0.0935. The lowest BCUT2D eigenvalue weighted by Gasteiger charge is -2.11. The number of hydrazine groups is 1. The van der Waals surface area contributed by atoms with Gasteiger partial charge in [-0.05, 0) is 6.07 Å². The summed E-state index contributed by atoms with van der Waals surface area (Å²) in [6.45, 7) is -0.583. The van der Waals surface area contributed by atoms with E-state index in [1.807, 2.05) is 0 Å². The normalized spacial score (nSPS) is 13.4. The van der Waals surface area contributed by atoms with Gasteiger partial charge >= 0.3 is 0 Å². The van der Waals surface area contributed by atoms with Gasteiger partial charge in [-0.1, -0.05) is 6.07 Å². The molecule has 9 heteroatoms. The molecule has 1 aromatic rings. The molecule has 0 unspecified atom stereocenters. The van der Waals surface area contributed by atoms with E-state index in [0.29, 0.717) is 4.90 Å². The predicted octanol–water partition coefficient (Wildman–Crippen LogP) is -0.819. The Labute approximate surface area is 106 Å². The molecule has 1 aromatic carbocycles. The maximum Gasteiger partial charge on any atom is 0.282 e. The van der Waals surface area contributed by atoms with Crippen molar-refractivity contribution in [3.8, 4) is 0 Å². The average Bonchev–Trinajstić information content (AvgIpc) is 2.63. The Morgan fingerprint density at radius 2 is 2.05 bits per heavy atom. The van der Waals surface area contributed by atoms with Crippen LogP contribution < -0.4 is 11.3 Å². The monoisotopic (exact) mass is 264 g/mol. The Morgan fingerprint density at radius 1 is 1.37 bits per heavy atom. The first kappa shape index (κ1) is 12.6. The van der Waals surface area contributed by atoms with E-state index >= 15 is 0 Å². The van der Waals surface area contributed by atoms with Crippen LogP contribution >= 0.6 is 0 Å². The maximum absolute atomic E-state index is 12.0. The van der Waals surface area contributed by atoms with Crippen LogP contribution in [0.2, 0.25) is 0 Å². The van der Waals surface area contributed by atoms with Crippen LogP contribution in [0.5, 0.6) is 0 Å². The van der Waals surface area contributed by atoms with Crippen molar-refractivity contribution in [2.45, 2.75) is 0 Å². The third-order valence-electron chi connectivity index (χ3n) is 2.64. The highest BCUT2D eigenvalue weighted by molar-refractivity contribution is 6.24. The van der Waals surface area contributed by atoms with Crippen LogP contribution in [0.3, 0.4) is 0 Å². The summed E-state index contributed by atoms with van der Waals surface area (Å²) in [6.07, 6.45) is 0. The zero-order chi connectivity index (χ0) is 14.2. The topological polar surface area (TPSA) is 136 Å². The lowest BCUT2D eigenvalue weighted by molar-refractivity contribution is -0.385. The van der Waals surface area contributed by atoms with E-state index in [-0.39, 0.29) is 11.1 Å². The van der Waals surface area contributed by atoms with Crippen molar-refractivity contribution in [2.24, 2.45) is 5.84 Å². The zero-order valence-electron chi connectivity index (χ0n) is 9.45. The predicted molar refractivity (Wildman–Crippen MR) is 60.8 cm³/mol. The Morgan fingerprint density at radius 3 is 2.63 bits per heavy atom. The SMILES string of the molecule is NNC(=O)CN1C(=O)c2cccc([N+](=O)[O-])c2C1=O. The molecule has 3 amide bonds. The Hall–Kier alpha value is -2.81. The fourth-order valence-corrected chi connectivity index (χ4v) is 1.80. The number of hydrogen-bond acceptors (Lipinski definition) is 6. The van der Waals surface area contributed by atoms with Gasteiger partial charge in [0.2, 0.25) is 0 Å². The number of nitrogens with zero attached hydrogens (tertiary/aromatic N) is 2. The van der Waals surface area contributed by atoms with Gasteiger partial charge < -0.3 is 0 Å². The quantitative estimate of drug-likeness (QED) is 0.241. The van der Waals surface area contributed by atoms with E-state index in [2.05, 4.69) is 0 Å². The Kier molecular flexibility index (Phi) is 2.97. The molecule has 0 saturated carbocycles. The van der Waals surface area contributed by atoms with E-state index in [0.717, 1.165) is 6.07 Å². The van der Waals surface area contributed by atoms with Crippen molar-refractivity contribution in [3.63, 3.8) is 0 Å². The van der Waals surface area contributed by atoms with Crippen LogP contribution in [-0.2, 0) is 4.79 Å². The summed E-state index contributed by atoms with van der Waals surface area (Å²) in [7, 11) is 0. The van der Waals surface area contributed by atoms with Crippen LogP contribution in [0.15, 0.2) is 18.2 Å². The van der Waals surface area contributed by atoms with Crippen molar-refractivity contribution < 1.29 is 19.3 Å². The average molecular weight is 264 g/mol. The second-order valence-electron chi connectivity index (χ2n) is 3.72. The minimum Gasteiger partial charge on any atom is -0.293 e. The van der Waals surface area contributed by atoms with Gasteiger partial charge in [-0.2, -0.15) is 0 Å². The largest absolute Gasteiger partial charge is 0.293 e. The molecule has 19 heavy (non-hydrogen) atoms. The molecule has 1 heterocycles. The second kappa shape index (κ2) is 4.46. The van der Waals surface area contributed by atoms with Crippen molar-refractivity contribution >= 4 is 23.4 Å². The first-order valence-electron chi connectivity index (χ1n) is 5.10. The number of nitro benzene ring substituents is 1. The number of nitro groups is 1. The van der Waals surface area contributed by atoms with Crippen molar-refractivity contribution in [3.05, 3.63) is 39.4 Å². The molecule has 0 radical (unpaired) electrons. The Balaban J connectivity index is 2.47. The maximum atomic E-state index is 12.0. The smallest absolute Gasteiger partial charge is 0.282 e. The molecule has 3 N–H and O–H groups in total. The number of hydrogen-bond donors (Lipinski definition) is 2. The summed E-state index contributed by atoms with van der Waals surface area (Å²) in [5, 5.41) is 10.8. The van der Waals surface area contributed by atoms with Gasteiger partial charge in [0.25, 0.3) is 23.4 Å². The molecule has 0 spiro atoms.